The Morgan fingerprint density at radius 1 is 1.11 bits per heavy atom. The third kappa shape index (κ3) is 4.38. The summed E-state index contributed by atoms with van der Waals surface area (Å²) in [5.74, 6) is 0.505. The fourth-order valence-electron chi connectivity index (χ4n) is 2.60. The van der Waals surface area contributed by atoms with Crippen LogP contribution in [0.2, 0.25) is 0 Å². The number of rotatable bonds is 3. The summed E-state index contributed by atoms with van der Waals surface area (Å²) in [6, 6.07) is 15.4. The Hall–Kier alpha value is -2.76. The summed E-state index contributed by atoms with van der Waals surface area (Å²) in [5, 5.41) is 6.92. The Bertz CT molecular complexity index is 1040. The molecule has 0 bridgehead atoms. The zero-order chi connectivity index (χ0) is 18.5. The molecule has 0 amide bonds. The van der Waals surface area contributed by atoms with Crippen LogP contribution < -0.4 is 0 Å². The van der Waals surface area contributed by atoms with Gasteiger partial charge in [0.2, 0.25) is 0 Å². The molecule has 5 rings (SSSR count). The first-order valence-electron chi connectivity index (χ1n) is 8.16. The average Bonchev–Trinajstić information content (AvgIpc) is 3.50. The van der Waals surface area contributed by atoms with Crippen LogP contribution in [0.4, 0.5) is 0 Å². The van der Waals surface area contributed by atoms with Crippen LogP contribution in [0.5, 0.6) is 0 Å². The van der Waals surface area contributed by atoms with Crippen LogP contribution in [-0.4, -0.2) is 24.3 Å². The second-order valence-electron chi connectivity index (χ2n) is 5.53. The molecule has 0 aliphatic carbocycles. The maximum absolute atomic E-state index is 4.91. The maximum Gasteiger partial charge on any atom is 2.00 e. The predicted octanol–water partition coefficient (Wildman–Crippen LogP) is 4.27. The average molecular weight is 569 g/mol. The monoisotopic (exact) mass is 568 g/mol. The molecule has 0 unspecified atom stereocenters. The number of aryl methyl sites for hydroxylation is 1. The zero-order valence-electron chi connectivity index (χ0n) is 14.8. The van der Waals surface area contributed by atoms with Crippen LogP contribution in [0.25, 0.3) is 27.7 Å². The van der Waals surface area contributed by atoms with E-state index in [1.165, 1.54) is 17.7 Å². The molecule has 6 nitrogen and oxygen atoms in total. The van der Waals surface area contributed by atoms with Gasteiger partial charge in [0.1, 0.15) is 5.88 Å². The molecule has 0 spiro atoms. The quantitative estimate of drug-likeness (QED) is 0.305. The van der Waals surface area contributed by atoms with Gasteiger partial charge in [-0.05, 0) is 18.5 Å². The van der Waals surface area contributed by atoms with Gasteiger partial charge < -0.3 is 19.0 Å². The summed E-state index contributed by atoms with van der Waals surface area (Å²) in [4.78, 5) is 7.99. The van der Waals surface area contributed by atoms with Crippen molar-refractivity contribution in [3.8, 4) is 27.7 Å². The van der Waals surface area contributed by atoms with Gasteiger partial charge in [0.05, 0.1) is 0 Å². The van der Waals surface area contributed by atoms with Gasteiger partial charge in [-0.3, -0.25) is 0 Å². The topological polar surface area (TPSA) is 61.7 Å². The molecule has 0 N–H and O–H groups in total. The molecule has 0 aliphatic rings. The normalized spacial score (nSPS) is 10.0. The molecule has 0 aliphatic heterocycles. The van der Waals surface area contributed by atoms with Gasteiger partial charge in [0.15, 0.2) is 0 Å². The Kier molecular flexibility index (Phi) is 6.74. The molecule has 4 heterocycles. The Balaban J connectivity index is 0.000000175. The number of nitrogens with zero attached hydrogens (tertiary/aromatic N) is 5. The minimum atomic E-state index is 0. The molecule has 0 atom stereocenters. The molecule has 0 saturated heterocycles. The summed E-state index contributed by atoms with van der Waals surface area (Å²) in [6.07, 6.45) is 11.2. The molecule has 1 aromatic carbocycles. The minimum Gasteiger partial charge on any atom is -0.533 e. The summed E-state index contributed by atoms with van der Waals surface area (Å²) in [6.45, 7) is 0. The molecule has 142 valence electrons. The second-order valence-corrected chi connectivity index (χ2v) is 6.43. The SMILES string of the molecule is Cn1c[c-]c(-c2nccs2)c1-c1ccccc1.[Pt+2].[c-]1ncoc1-n1cccn1. The number of oxazole rings is 1. The van der Waals surface area contributed by atoms with E-state index in [2.05, 4.69) is 44.0 Å². The molecular formula is C20H15N5OPtS. The molecular weight excluding hydrogens is 553 g/mol. The molecule has 4 aromatic heterocycles. The van der Waals surface area contributed by atoms with Crippen molar-refractivity contribution in [3.05, 3.63) is 85.2 Å². The van der Waals surface area contributed by atoms with Crippen molar-refractivity contribution in [1.82, 2.24) is 24.3 Å². The number of benzene rings is 1. The van der Waals surface area contributed by atoms with E-state index in [1.54, 1.807) is 34.5 Å². The van der Waals surface area contributed by atoms with E-state index in [0.29, 0.717) is 5.88 Å². The van der Waals surface area contributed by atoms with Crippen molar-refractivity contribution in [2.24, 2.45) is 7.05 Å². The van der Waals surface area contributed by atoms with Crippen LogP contribution in [0.3, 0.4) is 0 Å². The van der Waals surface area contributed by atoms with Crippen LogP contribution >= 0.6 is 11.3 Å². The van der Waals surface area contributed by atoms with Crippen molar-refractivity contribution in [2.75, 3.05) is 0 Å². The third-order valence-electron chi connectivity index (χ3n) is 3.78. The van der Waals surface area contributed by atoms with Gasteiger partial charge in [0, 0.05) is 30.0 Å². The molecule has 8 heteroatoms. The van der Waals surface area contributed by atoms with Gasteiger partial charge >= 0.3 is 21.1 Å². The van der Waals surface area contributed by atoms with Crippen LogP contribution in [0.1, 0.15) is 0 Å². The fraction of sp³-hybridized carbons (Fsp3) is 0.0500. The van der Waals surface area contributed by atoms with Gasteiger partial charge in [-0.2, -0.15) is 22.5 Å². The van der Waals surface area contributed by atoms with E-state index >= 15 is 0 Å². The van der Waals surface area contributed by atoms with Crippen LogP contribution in [-0.2, 0) is 28.1 Å². The first kappa shape index (κ1) is 20.0. The van der Waals surface area contributed by atoms with Crippen molar-refractivity contribution in [1.29, 1.82) is 0 Å². The number of thiazole rings is 1. The van der Waals surface area contributed by atoms with E-state index in [0.717, 1.165) is 10.6 Å². The fourth-order valence-corrected chi connectivity index (χ4v) is 3.25. The van der Waals surface area contributed by atoms with Crippen molar-refractivity contribution >= 4 is 11.3 Å². The van der Waals surface area contributed by atoms with E-state index in [-0.39, 0.29) is 21.1 Å². The maximum atomic E-state index is 4.91. The number of hydrogen-bond donors (Lipinski definition) is 0. The van der Waals surface area contributed by atoms with Gasteiger partial charge in [0.25, 0.3) is 0 Å². The molecule has 0 radical (unpaired) electrons. The van der Waals surface area contributed by atoms with Gasteiger partial charge in [-0.15, -0.1) is 5.56 Å². The minimum absolute atomic E-state index is 0. The number of hydrogen-bond acceptors (Lipinski definition) is 5. The molecule has 0 fully saturated rings. The van der Waals surface area contributed by atoms with E-state index in [1.807, 2.05) is 43.0 Å². The predicted molar refractivity (Wildman–Crippen MR) is 103 cm³/mol. The summed E-state index contributed by atoms with van der Waals surface area (Å²) in [7, 11) is 2.04. The van der Waals surface area contributed by atoms with Crippen LogP contribution in [0, 0.1) is 12.3 Å². The Morgan fingerprint density at radius 3 is 2.61 bits per heavy atom. The van der Waals surface area contributed by atoms with Crippen molar-refractivity contribution in [2.45, 2.75) is 0 Å². The zero-order valence-corrected chi connectivity index (χ0v) is 17.9. The van der Waals surface area contributed by atoms with E-state index in [9.17, 15) is 0 Å². The smallest absolute Gasteiger partial charge is 0.533 e. The van der Waals surface area contributed by atoms with Crippen LogP contribution in [0.15, 0.2) is 77.4 Å². The molecule has 5 aromatic rings. The van der Waals surface area contributed by atoms with E-state index in [4.69, 9.17) is 4.42 Å². The Labute approximate surface area is 180 Å². The number of aromatic nitrogens is 5. The first-order valence-corrected chi connectivity index (χ1v) is 9.04. The first-order chi connectivity index (χ1) is 13.3. The summed E-state index contributed by atoms with van der Waals surface area (Å²) < 4.78 is 8.55. The van der Waals surface area contributed by atoms with Crippen molar-refractivity contribution in [3.63, 3.8) is 0 Å². The molecule has 28 heavy (non-hydrogen) atoms. The van der Waals surface area contributed by atoms with Crippen molar-refractivity contribution < 1.29 is 25.5 Å². The largest absolute Gasteiger partial charge is 2.00 e. The van der Waals surface area contributed by atoms with Gasteiger partial charge in [-0.1, -0.05) is 54.0 Å². The molecule has 0 saturated carbocycles. The standard InChI is InChI=1S/C14H11N2S.C6H4N3O.Pt/c1-16-9-7-12(14-15-8-10-17-14)13(16)11-5-3-2-4-6-11;1-2-8-9(3-1)6-4-7-5-10-6;/h2-6,8-10H,1H3;1-3,5H;/q2*-1;+2. The second kappa shape index (κ2) is 9.44. The van der Waals surface area contributed by atoms with E-state index < -0.39 is 0 Å². The Morgan fingerprint density at radius 2 is 1.96 bits per heavy atom. The van der Waals surface area contributed by atoms with Gasteiger partial charge in [-0.25, -0.2) is 4.68 Å². The third-order valence-corrected chi connectivity index (χ3v) is 4.57. The summed E-state index contributed by atoms with van der Waals surface area (Å²) >= 11 is 1.64. The summed E-state index contributed by atoms with van der Waals surface area (Å²) in [5.41, 5.74) is 3.44.